The third-order valence-electron chi connectivity index (χ3n) is 3.31. The number of aliphatic hydroxyl groups is 1. The van der Waals surface area contributed by atoms with Crippen LogP contribution in [-0.4, -0.2) is 34.2 Å². The van der Waals surface area contributed by atoms with Crippen molar-refractivity contribution in [3.63, 3.8) is 0 Å². The summed E-state index contributed by atoms with van der Waals surface area (Å²) in [4.78, 5) is 16.7. The van der Waals surface area contributed by atoms with Gasteiger partial charge in [-0.2, -0.15) is 0 Å². The molecule has 0 spiro atoms. The molecule has 0 atom stereocenters. The number of hydrogen-bond acceptors (Lipinski definition) is 5. The van der Waals surface area contributed by atoms with Gasteiger partial charge in [-0.3, -0.25) is 10.1 Å². The van der Waals surface area contributed by atoms with Crippen molar-refractivity contribution in [2.45, 2.75) is 32.2 Å². The van der Waals surface area contributed by atoms with Crippen molar-refractivity contribution < 1.29 is 10.0 Å². The third kappa shape index (κ3) is 2.43. The number of nitrogens with zero attached hydrogens (tertiary/aromatic N) is 3. The highest BCUT2D eigenvalue weighted by Crippen LogP contribution is 2.33. The van der Waals surface area contributed by atoms with Gasteiger partial charge in [0, 0.05) is 24.8 Å². The lowest BCUT2D eigenvalue weighted by atomic mass is 9.91. The Morgan fingerprint density at radius 3 is 2.83 bits per heavy atom. The molecule has 1 aliphatic rings. The molecule has 0 amide bonds. The van der Waals surface area contributed by atoms with Gasteiger partial charge >= 0.3 is 5.69 Å². The number of nitro groups is 1. The largest absolute Gasteiger partial charge is 0.395 e. The summed E-state index contributed by atoms with van der Waals surface area (Å²) in [6, 6.07) is 1.80. The van der Waals surface area contributed by atoms with E-state index in [9.17, 15) is 10.1 Å². The third-order valence-corrected chi connectivity index (χ3v) is 3.31. The number of aryl methyl sites for hydroxylation is 1. The standard InChI is InChI=1S/C12H17N3O3/c1-9-7-11(15(17)18)12(13-8-9)14(5-6-16)10-3-2-4-10/h7-8,10,16H,2-6H2,1H3. The Labute approximate surface area is 105 Å². The molecule has 1 N–H and O–H groups in total. The minimum absolute atomic E-state index is 0.0235. The molecule has 18 heavy (non-hydrogen) atoms. The lowest BCUT2D eigenvalue weighted by molar-refractivity contribution is -0.384. The number of aromatic nitrogens is 1. The van der Waals surface area contributed by atoms with E-state index in [0.29, 0.717) is 12.4 Å². The molecule has 6 nitrogen and oxygen atoms in total. The van der Waals surface area contributed by atoms with Crippen molar-refractivity contribution in [1.82, 2.24) is 4.98 Å². The van der Waals surface area contributed by atoms with Gasteiger partial charge in [0.2, 0.25) is 5.82 Å². The van der Waals surface area contributed by atoms with Gasteiger partial charge in [-0.15, -0.1) is 0 Å². The predicted molar refractivity (Wildman–Crippen MR) is 67.7 cm³/mol. The Hall–Kier alpha value is -1.69. The molecule has 0 unspecified atom stereocenters. The molecule has 6 heteroatoms. The molecular formula is C12H17N3O3. The van der Waals surface area contributed by atoms with Crippen LogP contribution in [-0.2, 0) is 0 Å². The fourth-order valence-corrected chi connectivity index (χ4v) is 2.17. The Bertz CT molecular complexity index is 446. The fraction of sp³-hybridized carbons (Fsp3) is 0.583. The summed E-state index contributed by atoms with van der Waals surface area (Å²) < 4.78 is 0. The van der Waals surface area contributed by atoms with E-state index in [1.807, 2.05) is 4.90 Å². The summed E-state index contributed by atoms with van der Waals surface area (Å²) in [5, 5.41) is 20.2. The zero-order valence-corrected chi connectivity index (χ0v) is 10.4. The van der Waals surface area contributed by atoms with Gasteiger partial charge in [-0.25, -0.2) is 4.98 Å². The van der Waals surface area contributed by atoms with Crippen LogP contribution in [0.2, 0.25) is 0 Å². The molecule has 0 saturated heterocycles. The van der Waals surface area contributed by atoms with Crippen molar-refractivity contribution in [2.24, 2.45) is 0 Å². The van der Waals surface area contributed by atoms with Crippen molar-refractivity contribution in [3.05, 3.63) is 27.9 Å². The van der Waals surface area contributed by atoms with Gasteiger partial charge < -0.3 is 10.0 Å². The molecule has 1 aromatic rings. The SMILES string of the molecule is Cc1cnc(N(CCO)C2CCC2)c([N+](=O)[O-])c1. The Morgan fingerprint density at radius 1 is 1.61 bits per heavy atom. The van der Waals surface area contributed by atoms with Gasteiger partial charge in [0.15, 0.2) is 0 Å². The van der Waals surface area contributed by atoms with Crippen molar-refractivity contribution in [2.75, 3.05) is 18.1 Å². The second-order valence-corrected chi connectivity index (χ2v) is 4.61. The molecule has 2 rings (SSSR count). The lowest BCUT2D eigenvalue weighted by Gasteiger charge is -2.37. The van der Waals surface area contributed by atoms with Crippen LogP contribution in [0.25, 0.3) is 0 Å². The normalized spacial score (nSPS) is 15.2. The van der Waals surface area contributed by atoms with Crippen LogP contribution in [0, 0.1) is 17.0 Å². The first-order valence-electron chi connectivity index (χ1n) is 6.12. The Kier molecular flexibility index (Phi) is 3.76. The zero-order valence-electron chi connectivity index (χ0n) is 10.4. The van der Waals surface area contributed by atoms with E-state index in [1.165, 1.54) is 6.07 Å². The first-order chi connectivity index (χ1) is 8.63. The smallest absolute Gasteiger partial charge is 0.311 e. The highest BCUT2D eigenvalue weighted by Gasteiger charge is 2.30. The van der Waals surface area contributed by atoms with Crippen LogP contribution < -0.4 is 4.90 Å². The van der Waals surface area contributed by atoms with E-state index >= 15 is 0 Å². The maximum Gasteiger partial charge on any atom is 0.311 e. The molecule has 0 bridgehead atoms. The van der Waals surface area contributed by atoms with Gasteiger partial charge in [0.05, 0.1) is 11.5 Å². The van der Waals surface area contributed by atoms with Crippen LogP contribution in [0.5, 0.6) is 0 Å². The maximum absolute atomic E-state index is 11.1. The van der Waals surface area contributed by atoms with Gasteiger partial charge in [-0.05, 0) is 31.7 Å². The molecular weight excluding hydrogens is 234 g/mol. The van der Waals surface area contributed by atoms with Crippen LogP contribution >= 0.6 is 0 Å². The van der Waals surface area contributed by atoms with Crippen molar-refractivity contribution >= 4 is 11.5 Å². The van der Waals surface area contributed by atoms with E-state index in [2.05, 4.69) is 4.98 Å². The molecule has 1 aromatic heterocycles. The number of hydrogen-bond donors (Lipinski definition) is 1. The Morgan fingerprint density at radius 2 is 2.33 bits per heavy atom. The van der Waals surface area contributed by atoms with Crippen LogP contribution in [0.3, 0.4) is 0 Å². The van der Waals surface area contributed by atoms with E-state index in [0.717, 1.165) is 24.8 Å². The summed E-state index contributed by atoms with van der Waals surface area (Å²) in [5.41, 5.74) is 0.790. The van der Waals surface area contributed by atoms with E-state index in [1.54, 1.807) is 13.1 Å². The maximum atomic E-state index is 11.1. The molecule has 1 heterocycles. The minimum Gasteiger partial charge on any atom is -0.395 e. The first kappa shape index (κ1) is 12.8. The van der Waals surface area contributed by atoms with Gasteiger partial charge in [0.25, 0.3) is 0 Å². The van der Waals surface area contributed by atoms with Crippen LogP contribution in [0.4, 0.5) is 11.5 Å². The number of rotatable bonds is 5. The van der Waals surface area contributed by atoms with Gasteiger partial charge in [-0.1, -0.05) is 0 Å². The number of aliphatic hydroxyl groups excluding tert-OH is 1. The monoisotopic (exact) mass is 251 g/mol. The molecule has 1 aliphatic carbocycles. The van der Waals surface area contributed by atoms with Crippen LogP contribution in [0.15, 0.2) is 12.3 Å². The topological polar surface area (TPSA) is 79.5 Å². The number of pyridine rings is 1. The summed E-state index contributed by atoms with van der Waals surface area (Å²) in [5.74, 6) is 0.379. The summed E-state index contributed by atoms with van der Waals surface area (Å²) in [7, 11) is 0. The molecule has 0 aromatic carbocycles. The Balaban J connectivity index is 2.36. The van der Waals surface area contributed by atoms with E-state index in [4.69, 9.17) is 5.11 Å². The summed E-state index contributed by atoms with van der Waals surface area (Å²) in [6.45, 7) is 2.15. The number of anilines is 1. The van der Waals surface area contributed by atoms with E-state index < -0.39 is 4.92 Å². The zero-order chi connectivity index (χ0) is 13.1. The summed E-state index contributed by atoms with van der Waals surface area (Å²) >= 11 is 0. The highest BCUT2D eigenvalue weighted by atomic mass is 16.6. The quantitative estimate of drug-likeness (QED) is 0.635. The van der Waals surface area contributed by atoms with E-state index in [-0.39, 0.29) is 18.3 Å². The average Bonchev–Trinajstić information content (AvgIpc) is 2.26. The summed E-state index contributed by atoms with van der Waals surface area (Å²) in [6.07, 6.45) is 4.77. The molecule has 0 aliphatic heterocycles. The molecule has 98 valence electrons. The fourth-order valence-electron chi connectivity index (χ4n) is 2.17. The van der Waals surface area contributed by atoms with Crippen molar-refractivity contribution in [3.8, 4) is 0 Å². The second kappa shape index (κ2) is 5.30. The predicted octanol–water partition coefficient (Wildman–Crippen LogP) is 1.65. The second-order valence-electron chi connectivity index (χ2n) is 4.61. The first-order valence-corrected chi connectivity index (χ1v) is 6.12. The van der Waals surface area contributed by atoms with Gasteiger partial charge in [0.1, 0.15) is 0 Å². The molecule has 0 radical (unpaired) electrons. The lowest BCUT2D eigenvalue weighted by Crippen LogP contribution is -2.42. The molecule has 1 fully saturated rings. The van der Waals surface area contributed by atoms with Crippen molar-refractivity contribution in [1.29, 1.82) is 0 Å². The highest BCUT2D eigenvalue weighted by molar-refractivity contribution is 5.59. The molecule has 1 saturated carbocycles. The average molecular weight is 251 g/mol. The van der Waals surface area contributed by atoms with Crippen LogP contribution in [0.1, 0.15) is 24.8 Å². The minimum atomic E-state index is -0.404.